The van der Waals surface area contributed by atoms with E-state index < -0.39 is 12.7 Å². The van der Waals surface area contributed by atoms with Crippen LogP contribution in [0.2, 0.25) is 0 Å². The molecular formula is C14H12BrF3N2O. The van der Waals surface area contributed by atoms with Crippen LogP contribution in [-0.4, -0.2) is 22.7 Å². The Morgan fingerprint density at radius 3 is 2.71 bits per heavy atom. The van der Waals surface area contributed by atoms with Crippen LogP contribution in [0.3, 0.4) is 0 Å². The van der Waals surface area contributed by atoms with Gasteiger partial charge in [0.15, 0.2) is 0 Å². The second kappa shape index (κ2) is 5.05. The number of hydrogen-bond donors (Lipinski definition) is 1. The highest BCUT2D eigenvalue weighted by Gasteiger charge is 2.30. The summed E-state index contributed by atoms with van der Waals surface area (Å²) in [6, 6.07) is 5.13. The molecule has 0 bridgehead atoms. The molecule has 1 saturated carbocycles. The lowest BCUT2D eigenvalue weighted by molar-refractivity contribution is -0.139. The number of aromatic nitrogens is 1. The first-order valence-corrected chi connectivity index (χ1v) is 7.29. The van der Waals surface area contributed by atoms with Gasteiger partial charge >= 0.3 is 6.18 Å². The summed E-state index contributed by atoms with van der Waals surface area (Å²) in [6.07, 6.45) is -1.20. The van der Waals surface area contributed by atoms with Crippen molar-refractivity contribution in [2.24, 2.45) is 0 Å². The van der Waals surface area contributed by atoms with E-state index in [0.29, 0.717) is 15.4 Å². The Bertz CT molecular complexity index is 704. The van der Waals surface area contributed by atoms with Crippen LogP contribution in [0.4, 0.5) is 13.2 Å². The van der Waals surface area contributed by atoms with Gasteiger partial charge in [-0.3, -0.25) is 4.79 Å². The average molecular weight is 361 g/mol. The fourth-order valence-corrected chi connectivity index (χ4v) is 2.61. The number of amides is 1. The van der Waals surface area contributed by atoms with Gasteiger partial charge in [-0.25, -0.2) is 0 Å². The van der Waals surface area contributed by atoms with Crippen molar-refractivity contribution in [1.82, 2.24) is 9.88 Å². The standard InChI is InChI=1S/C14H12BrF3N2O/c15-8-1-4-10-11(13(21)19-9-2-3-9)6-20(12(10)5-8)7-14(16,17)18/h1,4-6,9H,2-3,7H2,(H,19,21). The van der Waals surface area contributed by atoms with E-state index in [-0.39, 0.29) is 17.5 Å². The Balaban J connectivity index is 2.05. The minimum atomic E-state index is -4.33. The number of benzene rings is 1. The molecular weight excluding hydrogens is 349 g/mol. The first kappa shape index (κ1) is 14.4. The Morgan fingerprint density at radius 2 is 2.10 bits per heavy atom. The molecule has 0 radical (unpaired) electrons. The number of hydrogen-bond acceptors (Lipinski definition) is 1. The number of carbonyl (C=O) groups is 1. The fraction of sp³-hybridized carbons (Fsp3) is 0.357. The van der Waals surface area contributed by atoms with Crippen molar-refractivity contribution in [3.05, 3.63) is 34.4 Å². The molecule has 1 heterocycles. The summed E-state index contributed by atoms with van der Waals surface area (Å²) in [7, 11) is 0. The molecule has 1 aliphatic carbocycles. The minimum Gasteiger partial charge on any atom is -0.349 e. The molecule has 21 heavy (non-hydrogen) atoms. The first-order valence-electron chi connectivity index (χ1n) is 6.49. The monoisotopic (exact) mass is 360 g/mol. The number of carbonyl (C=O) groups excluding carboxylic acids is 1. The van der Waals surface area contributed by atoms with E-state index in [1.165, 1.54) is 6.20 Å². The van der Waals surface area contributed by atoms with Crippen LogP contribution in [-0.2, 0) is 6.54 Å². The Morgan fingerprint density at radius 1 is 1.38 bits per heavy atom. The highest BCUT2D eigenvalue weighted by atomic mass is 79.9. The lowest BCUT2D eigenvalue weighted by Gasteiger charge is -2.08. The van der Waals surface area contributed by atoms with Crippen LogP contribution in [0.5, 0.6) is 0 Å². The van der Waals surface area contributed by atoms with Crippen LogP contribution >= 0.6 is 15.9 Å². The average Bonchev–Trinajstić information content (AvgIpc) is 3.11. The van der Waals surface area contributed by atoms with Crippen molar-refractivity contribution in [2.75, 3.05) is 0 Å². The quantitative estimate of drug-likeness (QED) is 0.885. The van der Waals surface area contributed by atoms with Gasteiger partial charge in [0.1, 0.15) is 6.54 Å². The van der Waals surface area contributed by atoms with Gasteiger partial charge in [-0.2, -0.15) is 13.2 Å². The van der Waals surface area contributed by atoms with Gasteiger partial charge in [-0.15, -0.1) is 0 Å². The summed E-state index contributed by atoms with van der Waals surface area (Å²) in [5.74, 6) is -0.314. The molecule has 1 aromatic carbocycles. The normalized spacial score (nSPS) is 15.4. The molecule has 0 aliphatic heterocycles. The third-order valence-electron chi connectivity index (χ3n) is 3.35. The number of nitrogens with one attached hydrogen (secondary N) is 1. The van der Waals surface area contributed by atoms with Gasteiger partial charge in [-0.05, 0) is 25.0 Å². The van der Waals surface area contributed by atoms with Crippen LogP contribution < -0.4 is 5.32 Å². The predicted octanol–water partition coefficient (Wildman–Crippen LogP) is 3.86. The largest absolute Gasteiger partial charge is 0.406 e. The maximum absolute atomic E-state index is 12.7. The van der Waals surface area contributed by atoms with Gasteiger partial charge in [-0.1, -0.05) is 22.0 Å². The van der Waals surface area contributed by atoms with Gasteiger partial charge in [0.05, 0.1) is 11.1 Å². The van der Waals surface area contributed by atoms with Crippen LogP contribution in [0.15, 0.2) is 28.9 Å². The third kappa shape index (κ3) is 3.23. The summed E-state index contributed by atoms with van der Waals surface area (Å²) < 4.78 is 39.7. The molecule has 1 N–H and O–H groups in total. The Kier molecular flexibility index (Phi) is 3.47. The predicted molar refractivity (Wildman–Crippen MR) is 76.2 cm³/mol. The number of rotatable bonds is 3. The molecule has 1 aliphatic rings. The highest BCUT2D eigenvalue weighted by molar-refractivity contribution is 9.10. The highest BCUT2D eigenvalue weighted by Crippen LogP contribution is 2.29. The van der Waals surface area contributed by atoms with Gasteiger partial charge < -0.3 is 9.88 Å². The number of fused-ring (bicyclic) bond motifs is 1. The summed E-state index contributed by atoms with van der Waals surface area (Å²) >= 11 is 3.25. The van der Waals surface area contributed by atoms with E-state index in [1.807, 2.05) is 0 Å². The molecule has 0 saturated heterocycles. The molecule has 1 amide bonds. The zero-order chi connectivity index (χ0) is 15.2. The maximum atomic E-state index is 12.7. The molecule has 3 rings (SSSR count). The summed E-state index contributed by atoms with van der Waals surface area (Å²) in [6.45, 7) is -1.11. The lowest BCUT2D eigenvalue weighted by Crippen LogP contribution is -2.25. The zero-order valence-electron chi connectivity index (χ0n) is 10.9. The number of alkyl halides is 3. The molecule has 1 aromatic heterocycles. The third-order valence-corrected chi connectivity index (χ3v) is 3.84. The van der Waals surface area contributed by atoms with Crippen molar-refractivity contribution in [2.45, 2.75) is 31.6 Å². The summed E-state index contributed by atoms with van der Waals surface area (Å²) in [5.41, 5.74) is 0.677. The van der Waals surface area contributed by atoms with E-state index in [0.717, 1.165) is 17.4 Å². The molecule has 0 spiro atoms. The van der Waals surface area contributed by atoms with Crippen LogP contribution in [0.25, 0.3) is 10.9 Å². The minimum absolute atomic E-state index is 0.161. The van der Waals surface area contributed by atoms with Crippen LogP contribution in [0, 0.1) is 0 Å². The SMILES string of the molecule is O=C(NC1CC1)c1cn(CC(F)(F)F)c2cc(Br)ccc12. The molecule has 0 atom stereocenters. The molecule has 7 heteroatoms. The van der Waals surface area contributed by atoms with E-state index in [9.17, 15) is 18.0 Å². The van der Waals surface area contributed by atoms with Crippen molar-refractivity contribution >= 4 is 32.7 Å². The molecule has 1 fully saturated rings. The van der Waals surface area contributed by atoms with E-state index >= 15 is 0 Å². The van der Waals surface area contributed by atoms with Crippen molar-refractivity contribution in [3.8, 4) is 0 Å². The second-order valence-electron chi connectivity index (χ2n) is 5.20. The van der Waals surface area contributed by atoms with E-state index in [1.54, 1.807) is 18.2 Å². The van der Waals surface area contributed by atoms with Crippen molar-refractivity contribution in [3.63, 3.8) is 0 Å². The molecule has 112 valence electrons. The van der Waals surface area contributed by atoms with Gasteiger partial charge in [0.2, 0.25) is 0 Å². The van der Waals surface area contributed by atoms with E-state index in [4.69, 9.17) is 0 Å². The Hall–Kier alpha value is -1.50. The molecule has 2 aromatic rings. The number of nitrogens with zero attached hydrogens (tertiary/aromatic N) is 1. The second-order valence-corrected chi connectivity index (χ2v) is 6.11. The first-order chi connectivity index (χ1) is 9.83. The zero-order valence-corrected chi connectivity index (χ0v) is 12.5. The van der Waals surface area contributed by atoms with Gasteiger partial charge in [0.25, 0.3) is 5.91 Å². The fourth-order valence-electron chi connectivity index (χ4n) is 2.26. The lowest BCUT2D eigenvalue weighted by atomic mass is 10.1. The maximum Gasteiger partial charge on any atom is 0.406 e. The van der Waals surface area contributed by atoms with Gasteiger partial charge in [0, 0.05) is 22.1 Å². The topological polar surface area (TPSA) is 34.0 Å². The number of halogens is 4. The van der Waals surface area contributed by atoms with Crippen molar-refractivity contribution < 1.29 is 18.0 Å². The summed E-state index contributed by atoms with van der Waals surface area (Å²) in [4.78, 5) is 12.2. The smallest absolute Gasteiger partial charge is 0.349 e. The summed E-state index contributed by atoms with van der Waals surface area (Å²) in [5, 5.41) is 3.34. The van der Waals surface area contributed by atoms with Crippen LogP contribution in [0.1, 0.15) is 23.2 Å². The Labute approximate surface area is 127 Å². The van der Waals surface area contributed by atoms with Crippen molar-refractivity contribution in [1.29, 1.82) is 0 Å². The van der Waals surface area contributed by atoms with E-state index in [2.05, 4.69) is 21.2 Å². The molecule has 3 nitrogen and oxygen atoms in total. The molecule has 0 unspecified atom stereocenters.